The van der Waals surface area contributed by atoms with E-state index in [0.29, 0.717) is 22.4 Å². The molecule has 8 heteroatoms. The summed E-state index contributed by atoms with van der Waals surface area (Å²) in [6.45, 7) is 4.48. The van der Waals surface area contributed by atoms with Crippen LogP contribution in [0.1, 0.15) is 36.2 Å². The molecule has 7 nitrogen and oxygen atoms in total. The summed E-state index contributed by atoms with van der Waals surface area (Å²) in [5.41, 5.74) is 4.57. The minimum Gasteiger partial charge on any atom is -0.370 e. The number of nitrogens with zero attached hydrogens (tertiary/aromatic N) is 5. The summed E-state index contributed by atoms with van der Waals surface area (Å²) < 4.78 is 1.67. The number of piperidine rings is 1. The van der Waals surface area contributed by atoms with E-state index >= 15 is 0 Å². The van der Waals surface area contributed by atoms with Crippen LogP contribution >= 0.6 is 11.6 Å². The minimum absolute atomic E-state index is 0.241. The molecule has 2 fully saturated rings. The van der Waals surface area contributed by atoms with Gasteiger partial charge in [0.1, 0.15) is 5.69 Å². The van der Waals surface area contributed by atoms with Gasteiger partial charge < -0.3 is 15.1 Å². The maximum atomic E-state index is 13.3. The number of fused-ring (bicyclic) bond motifs is 1. The predicted octanol–water partition coefficient (Wildman–Crippen LogP) is 5.37. The summed E-state index contributed by atoms with van der Waals surface area (Å²) in [5.74, 6) is -0.241. The highest BCUT2D eigenvalue weighted by Crippen LogP contribution is 2.31. The van der Waals surface area contributed by atoms with E-state index in [4.69, 9.17) is 11.6 Å². The van der Waals surface area contributed by atoms with E-state index in [2.05, 4.69) is 31.3 Å². The lowest BCUT2D eigenvalue weighted by atomic mass is 10.0. The quantitative estimate of drug-likeness (QED) is 0.399. The van der Waals surface area contributed by atoms with E-state index in [1.165, 1.54) is 25.9 Å². The fourth-order valence-electron chi connectivity index (χ4n) is 5.48. The molecule has 4 heterocycles. The van der Waals surface area contributed by atoms with Crippen molar-refractivity contribution in [3.05, 3.63) is 77.7 Å². The van der Waals surface area contributed by atoms with Crippen molar-refractivity contribution in [3.63, 3.8) is 0 Å². The van der Waals surface area contributed by atoms with E-state index in [1.54, 1.807) is 23.0 Å². The van der Waals surface area contributed by atoms with Gasteiger partial charge in [0.15, 0.2) is 5.65 Å². The number of halogens is 1. The Hall–Kier alpha value is -3.42. The highest BCUT2D eigenvalue weighted by molar-refractivity contribution is 6.30. The van der Waals surface area contributed by atoms with Crippen molar-refractivity contribution in [2.24, 2.45) is 0 Å². The van der Waals surface area contributed by atoms with Crippen molar-refractivity contribution in [1.82, 2.24) is 19.5 Å². The highest BCUT2D eigenvalue weighted by atomic mass is 35.5. The standard InChI is InChI=1S/C28H29ClN6O/c29-21-7-5-6-20(18-21)23-19-30-35-17-12-25(31-27(23)35)28(36)32-24-8-1-2-9-26(24)34-15-10-22(11-16-34)33-13-3-4-14-33/h1-2,5-9,12,17-19,22H,3-4,10-11,13-16H2,(H,32,36). The van der Waals surface area contributed by atoms with Gasteiger partial charge in [-0.3, -0.25) is 4.79 Å². The molecule has 0 aliphatic carbocycles. The van der Waals surface area contributed by atoms with Crippen LogP contribution in [0.3, 0.4) is 0 Å². The zero-order valence-corrected chi connectivity index (χ0v) is 20.9. The van der Waals surface area contributed by atoms with Crippen molar-refractivity contribution >= 4 is 34.5 Å². The summed E-state index contributed by atoms with van der Waals surface area (Å²) in [6.07, 6.45) is 8.49. The van der Waals surface area contributed by atoms with E-state index < -0.39 is 0 Å². The molecule has 0 radical (unpaired) electrons. The number of carbonyl (C=O) groups is 1. The number of nitrogens with one attached hydrogen (secondary N) is 1. The zero-order valence-electron chi connectivity index (χ0n) is 20.1. The van der Waals surface area contributed by atoms with Gasteiger partial charge in [-0.1, -0.05) is 35.9 Å². The van der Waals surface area contributed by atoms with Crippen LogP contribution in [-0.4, -0.2) is 57.6 Å². The van der Waals surface area contributed by atoms with Gasteiger partial charge in [0.25, 0.3) is 5.91 Å². The molecule has 0 atom stereocenters. The number of hydrogen-bond acceptors (Lipinski definition) is 5. The largest absolute Gasteiger partial charge is 0.370 e. The smallest absolute Gasteiger partial charge is 0.274 e. The highest BCUT2D eigenvalue weighted by Gasteiger charge is 2.27. The van der Waals surface area contributed by atoms with Crippen molar-refractivity contribution in [1.29, 1.82) is 0 Å². The second-order valence-corrected chi connectivity index (χ2v) is 10.0. The van der Waals surface area contributed by atoms with Gasteiger partial charge in [0, 0.05) is 35.9 Å². The van der Waals surface area contributed by atoms with Crippen LogP contribution in [0.2, 0.25) is 5.02 Å². The number of aromatic nitrogens is 3. The Balaban J connectivity index is 1.21. The molecule has 0 saturated carbocycles. The number of anilines is 2. The molecule has 6 rings (SSSR count). The molecular weight excluding hydrogens is 472 g/mol. The third-order valence-corrected chi connectivity index (χ3v) is 7.59. The maximum Gasteiger partial charge on any atom is 0.274 e. The molecule has 2 aliphatic heterocycles. The van der Waals surface area contributed by atoms with Gasteiger partial charge in [-0.2, -0.15) is 5.10 Å². The number of benzene rings is 2. The zero-order chi connectivity index (χ0) is 24.5. The Kier molecular flexibility index (Phi) is 6.34. The summed E-state index contributed by atoms with van der Waals surface area (Å²) in [7, 11) is 0. The van der Waals surface area contributed by atoms with Crippen molar-refractivity contribution in [3.8, 4) is 11.1 Å². The number of hydrogen-bond donors (Lipinski definition) is 1. The second-order valence-electron chi connectivity index (χ2n) is 9.58. The topological polar surface area (TPSA) is 65.8 Å². The Morgan fingerprint density at radius 2 is 1.78 bits per heavy atom. The Morgan fingerprint density at radius 3 is 2.58 bits per heavy atom. The van der Waals surface area contributed by atoms with E-state index in [0.717, 1.165) is 48.4 Å². The van der Waals surface area contributed by atoms with Crippen molar-refractivity contribution < 1.29 is 4.79 Å². The number of para-hydroxylation sites is 2. The summed E-state index contributed by atoms with van der Waals surface area (Å²) in [5, 5.41) is 8.14. The number of likely N-dealkylation sites (tertiary alicyclic amines) is 1. The average Bonchev–Trinajstić information content (AvgIpc) is 3.59. The molecule has 2 aliphatic rings. The summed E-state index contributed by atoms with van der Waals surface area (Å²) in [4.78, 5) is 23.0. The molecular formula is C28H29ClN6O. The number of carbonyl (C=O) groups excluding carboxylic acids is 1. The molecule has 0 bridgehead atoms. The third kappa shape index (κ3) is 4.56. The Labute approximate surface area is 215 Å². The predicted molar refractivity (Wildman–Crippen MR) is 144 cm³/mol. The van der Waals surface area contributed by atoms with E-state index in [1.807, 2.05) is 42.5 Å². The first-order chi connectivity index (χ1) is 17.7. The van der Waals surface area contributed by atoms with Gasteiger partial charge in [-0.05, 0) is 74.7 Å². The van der Waals surface area contributed by atoms with Crippen molar-refractivity contribution in [2.45, 2.75) is 31.7 Å². The van der Waals surface area contributed by atoms with Crippen LogP contribution in [0.4, 0.5) is 11.4 Å². The molecule has 2 saturated heterocycles. The van der Waals surface area contributed by atoms with E-state index in [-0.39, 0.29) is 5.91 Å². The molecule has 4 aromatic rings. The number of rotatable bonds is 5. The molecule has 2 aromatic heterocycles. The van der Waals surface area contributed by atoms with Gasteiger partial charge in [-0.15, -0.1) is 0 Å². The maximum absolute atomic E-state index is 13.3. The lowest BCUT2D eigenvalue weighted by Gasteiger charge is -2.38. The van der Waals surface area contributed by atoms with Crippen LogP contribution in [0.15, 0.2) is 67.0 Å². The van der Waals surface area contributed by atoms with Gasteiger partial charge in [-0.25, -0.2) is 9.50 Å². The molecule has 36 heavy (non-hydrogen) atoms. The monoisotopic (exact) mass is 500 g/mol. The fourth-order valence-corrected chi connectivity index (χ4v) is 5.67. The molecule has 1 amide bonds. The average molecular weight is 501 g/mol. The molecule has 2 aromatic carbocycles. The Bertz CT molecular complexity index is 1390. The lowest BCUT2D eigenvalue weighted by Crippen LogP contribution is -2.44. The molecule has 1 N–H and O–H groups in total. The first-order valence-electron chi connectivity index (χ1n) is 12.7. The van der Waals surface area contributed by atoms with Crippen molar-refractivity contribution in [2.75, 3.05) is 36.4 Å². The first kappa shape index (κ1) is 23.0. The summed E-state index contributed by atoms with van der Waals surface area (Å²) in [6, 6.07) is 18.0. The third-order valence-electron chi connectivity index (χ3n) is 7.35. The molecule has 0 spiro atoms. The van der Waals surface area contributed by atoms with Gasteiger partial charge in [0.2, 0.25) is 0 Å². The second kappa shape index (κ2) is 9.91. The molecule has 0 unspecified atom stereocenters. The minimum atomic E-state index is -0.241. The van der Waals surface area contributed by atoms with E-state index in [9.17, 15) is 4.79 Å². The normalized spacial score (nSPS) is 17.1. The van der Waals surface area contributed by atoms with Gasteiger partial charge >= 0.3 is 0 Å². The fraction of sp³-hybridized carbons (Fsp3) is 0.321. The van der Waals surface area contributed by atoms with Crippen LogP contribution in [0, 0.1) is 0 Å². The number of amides is 1. The lowest BCUT2D eigenvalue weighted by molar-refractivity contribution is 0.102. The van der Waals surface area contributed by atoms with Crippen LogP contribution in [-0.2, 0) is 0 Å². The van der Waals surface area contributed by atoms with Crippen LogP contribution < -0.4 is 10.2 Å². The van der Waals surface area contributed by atoms with Crippen LogP contribution in [0.5, 0.6) is 0 Å². The first-order valence-corrected chi connectivity index (χ1v) is 13.0. The Morgan fingerprint density at radius 1 is 0.972 bits per heavy atom. The SMILES string of the molecule is O=C(Nc1ccccc1N1CCC(N2CCCC2)CC1)c1ccn2ncc(-c3cccc(Cl)c3)c2n1. The molecule has 184 valence electrons. The van der Waals surface area contributed by atoms with Gasteiger partial charge in [0.05, 0.1) is 17.6 Å². The summed E-state index contributed by atoms with van der Waals surface area (Å²) >= 11 is 6.19. The van der Waals surface area contributed by atoms with Crippen LogP contribution in [0.25, 0.3) is 16.8 Å².